The summed E-state index contributed by atoms with van der Waals surface area (Å²) in [5.41, 5.74) is 20.3. The van der Waals surface area contributed by atoms with Crippen LogP contribution in [-0.2, 0) is 4.84 Å². The molecule has 1 aromatic rings. The minimum absolute atomic E-state index is 0.0625. The molecule has 96 valence electrons. The van der Waals surface area contributed by atoms with Crippen molar-refractivity contribution in [2.75, 3.05) is 0 Å². The molecular formula is C9H12N6O3. The molecule has 0 atom stereocenters. The number of guanidine groups is 2. The van der Waals surface area contributed by atoms with Gasteiger partial charge < -0.3 is 32.6 Å². The van der Waals surface area contributed by atoms with E-state index in [0.29, 0.717) is 0 Å². The highest BCUT2D eigenvalue weighted by Crippen LogP contribution is 2.19. The number of nitrogens with zero attached hydrogens (tertiary/aromatic N) is 2. The topological polar surface area (TPSA) is 164 Å². The van der Waals surface area contributed by atoms with Gasteiger partial charge in [0.05, 0.1) is 0 Å². The first kappa shape index (κ1) is 13.1. The van der Waals surface area contributed by atoms with Crippen LogP contribution in [0.25, 0.3) is 0 Å². The van der Waals surface area contributed by atoms with Crippen LogP contribution >= 0.6 is 0 Å². The van der Waals surface area contributed by atoms with Crippen LogP contribution in [0.2, 0.25) is 0 Å². The Hall–Kier alpha value is -2.97. The quantitative estimate of drug-likeness (QED) is 0.221. The van der Waals surface area contributed by atoms with Crippen LogP contribution in [0.3, 0.4) is 0 Å². The predicted molar refractivity (Wildman–Crippen MR) is 64.1 cm³/mol. The van der Waals surface area contributed by atoms with E-state index in [1.807, 2.05) is 0 Å². The number of oxime groups is 2. The zero-order valence-corrected chi connectivity index (χ0v) is 9.24. The van der Waals surface area contributed by atoms with Crippen molar-refractivity contribution in [3.8, 4) is 5.75 Å². The summed E-state index contributed by atoms with van der Waals surface area (Å²) in [6.07, 6.45) is 0. The molecule has 0 saturated heterocycles. The molecule has 0 spiro atoms. The lowest BCUT2D eigenvalue weighted by Crippen LogP contribution is -2.24. The maximum atomic E-state index is 11.6. The molecule has 0 unspecified atom stereocenters. The third kappa shape index (κ3) is 3.89. The summed E-state index contributed by atoms with van der Waals surface area (Å²) in [6.45, 7) is 0. The van der Waals surface area contributed by atoms with Crippen LogP contribution < -0.4 is 27.8 Å². The molecule has 0 radical (unpaired) electrons. The van der Waals surface area contributed by atoms with Crippen LogP contribution in [0.5, 0.6) is 5.75 Å². The fraction of sp³-hybridized carbons (Fsp3) is 0. The molecule has 9 nitrogen and oxygen atoms in total. The lowest BCUT2D eigenvalue weighted by Gasteiger charge is -2.04. The number of benzene rings is 1. The molecule has 0 heterocycles. The Labute approximate surface area is 102 Å². The van der Waals surface area contributed by atoms with Crippen molar-refractivity contribution >= 4 is 17.9 Å². The Morgan fingerprint density at radius 2 is 1.61 bits per heavy atom. The molecule has 8 N–H and O–H groups in total. The van der Waals surface area contributed by atoms with Crippen molar-refractivity contribution in [3.63, 3.8) is 0 Å². The molecule has 1 rings (SSSR count). The molecule has 0 aliphatic heterocycles. The van der Waals surface area contributed by atoms with Gasteiger partial charge in [-0.25, -0.2) is 4.79 Å². The first-order valence-electron chi connectivity index (χ1n) is 4.66. The Morgan fingerprint density at radius 1 is 1.00 bits per heavy atom. The van der Waals surface area contributed by atoms with Crippen LogP contribution in [0.4, 0.5) is 0 Å². The zero-order valence-electron chi connectivity index (χ0n) is 9.24. The standard InChI is InChI=1S/C9H12N6O3/c10-8(11)14-17-6-4-2-1-3-5(6)7(16)18-15-9(12)13/h1-4H,(H4,10,11,14)(H4,12,13,15). The minimum Gasteiger partial charge on any atom is -0.367 e. The smallest absolute Gasteiger partial charge is 0.367 e. The molecule has 0 aromatic heterocycles. The fourth-order valence-electron chi connectivity index (χ4n) is 0.960. The highest BCUT2D eigenvalue weighted by atomic mass is 16.7. The first-order chi connectivity index (χ1) is 8.50. The Bertz CT molecular complexity index is 491. The van der Waals surface area contributed by atoms with Crippen molar-refractivity contribution < 1.29 is 14.5 Å². The van der Waals surface area contributed by atoms with Crippen molar-refractivity contribution in [2.45, 2.75) is 0 Å². The maximum Gasteiger partial charge on any atom is 0.369 e. The van der Waals surface area contributed by atoms with Crippen molar-refractivity contribution in [1.29, 1.82) is 0 Å². The number of carbonyl (C=O) groups is 1. The number of rotatable bonds is 4. The van der Waals surface area contributed by atoms with Crippen molar-refractivity contribution in [3.05, 3.63) is 29.8 Å². The summed E-state index contributed by atoms with van der Waals surface area (Å²) in [5.74, 6) is -1.39. The van der Waals surface area contributed by atoms with Gasteiger partial charge in [0, 0.05) is 0 Å². The van der Waals surface area contributed by atoms with Gasteiger partial charge in [0.2, 0.25) is 11.9 Å². The largest absolute Gasteiger partial charge is 0.369 e. The van der Waals surface area contributed by atoms with E-state index in [1.165, 1.54) is 12.1 Å². The molecule has 0 amide bonds. The van der Waals surface area contributed by atoms with Gasteiger partial charge in [0.15, 0.2) is 5.75 Å². The molecule has 9 heteroatoms. The zero-order chi connectivity index (χ0) is 13.5. The Balaban J connectivity index is 2.91. The number of hydrogen-bond acceptors (Lipinski definition) is 5. The highest BCUT2D eigenvalue weighted by molar-refractivity contribution is 5.93. The van der Waals surface area contributed by atoms with Gasteiger partial charge in [0.1, 0.15) is 5.56 Å². The normalized spacial score (nSPS) is 9.11. The summed E-state index contributed by atoms with van der Waals surface area (Å²) in [6, 6.07) is 6.12. The van der Waals surface area contributed by atoms with Gasteiger partial charge in [-0.15, -0.1) is 0 Å². The predicted octanol–water partition coefficient (Wildman–Crippen LogP) is -1.40. The molecule has 1 aromatic carbocycles. The summed E-state index contributed by atoms with van der Waals surface area (Å²) in [7, 11) is 0. The van der Waals surface area contributed by atoms with E-state index in [9.17, 15) is 4.79 Å². The molecule has 0 aliphatic carbocycles. The number of para-hydroxylation sites is 1. The number of hydrogen-bond donors (Lipinski definition) is 4. The molecular weight excluding hydrogens is 240 g/mol. The van der Waals surface area contributed by atoms with E-state index < -0.39 is 5.97 Å². The second-order valence-corrected chi connectivity index (χ2v) is 3.00. The Kier molecular flexibility index (Phi) is 4.32. The fourth-order valence-corrected chi connectivity index (χ4v) is 0.960. The van der Waals surface area contributed by atoms with Crippen molar-refractivity contribution in [2.24, 2.45) is 33.2 Å². The van der Waals surface area contributed by atoms with Crippen LogP contribution in [-0.4, -0.2) is 17.9 Å². The summed E-state index contributed by atoms with van der Waals surface area (Å²) in [4.78, 5) is 20.9. The highest BCUT2D eigenvalue weighted by Gasteiger charge is 2.14. The molecule has 0 saturated carbocycles. The van der Waals surface area contributed by atoms with Gasteiger partial charge in [-0.1, -0.05) is 12.1 Å². The first-order valence-corrected chi connectivity index (χ1v) is 4.66. The third-order valence-corrected chi connectivity index (χ3v) is 1.59. The number of nitrogens with two attached hydrogens (primary N) is 4. The van der Waals surface area contributed by atoms with Crippen molar-refractivity contribution in [1.82, 2.24) is 0 Å². The minimum atomic E-state index is -0.815. The van der Waals surface area contributed by atoms with E-state index in [4.69, 9.17) is 27.8 Å². The van der Waals surface area contributed by atoms with E-state index in [0.717, 1.165) is 0 Å². The summed E-state index contributed by atoms with van der Waals surface area (Å²) in [5, 5.41) is 6.43. The number of carbonyl (C=O) groups excluding carboxylic acids is 1. The van der Waals surface area contributed by atoms with Crippen LogP contribution in [0, 0.1) is 0 Å². The average molecular weight is 252 g/mol. The van der Waals surface area contributed by atoms with Crippen LogP contribution in [0.15, 0.2) is 34.6 Å². The van der Waals surface area contributed by atoms with E-state index in [2.05, 4.69) is 15.1 Å². The van der Waals surface area contributed by atoms with Gasteiger partial charge in [-0.3, -0.25) is 0 Å². The molecule has 18 heavy (non-hydrogen) atoms. The van der Waals surface area contributed by atoms with Gasteiger partial charge in [-0.2, -0.15) is 0 Å². The monoisotopic (exact) mass is 252 g/mol. The van der Waals surface area contributed by atoms with E-state index >= 15 is 0 Å². The second-order valence-electron chi connectivity index (χ2n) is 3.00. The molecule has 0 bridgehead atoms. The van der Waals surface area contributed by atoms with Gasteiger partial charge in [-0.05, 0) is 22.4 Å². The van der Waals surface area contributed by atoms with E-state index in [1.54, 1.807) is 12.1 Å². The van der Waals surface area contributed by atoms with Crippen LogP contribution in [0.1, 0.15) is 10.4 Å². The second kappa shape index (κ2) is 5.94. The summed E-state index contributed by atoms with van der Waals surface area (Å²) >= 11 is 0. The SMILES string of the molecule is NC(N)=NOC(=O)c1ccccc1ON=C(N)N. The Morgan fingerprint density at radius 3 is 2.22 bits per heavy atom. The van der Waals surface area contributed by atoms with Gasteiger partial charge >= 0.3 is 5.97 Å². The lowest BCUT2D eigenvalue weighted by molar-refractivity contribution is 0.0510. The molecule has 0 aliphatic rings. The average Bonchev–Trinajstić information content (AvgIpc) is 2.33. The van der Waals surface area contributed by atoms with E-state index in [-0.39, 0.29) is 23.2 Å². The third-order valence-electron chi connectivity index (χ3n) is 1.59. The van der Waals surface area contributed by atoms with Gasteiger partial charge in [0.25, 0.3) is 0 Å². The summed E-state index contributed by atoms with van der Waals surface area (Å²) < 4.78 is 0. The maximum absolute atomic E-state index is 11.6. The molecule has 0 fully saturated rings. The lowest BCUT2D eigenvalue weighted by atomic mass is 10.2.